The third-order valence-corrected chi connectivity index (χ3v) is 5.70. The molecule has 4 nitrogen and oxygen atoms in total. The number of allylic oxidation sites excluding steroid dienone is 2. The number of rotatable bonds is 2. The van der Waals surface area contributed by atoms with Crippen LogP contribution in [0.25, 0.3) is 10.8 Å². The molecule has 0 fully saturated rings. The second-order valence-electron chi connectivity index (χ2n) is 7.08. The Balaban J connectivity index is 1.65. The van der Waals surface area contributed by atoms with Crippen LogP contribution in [0.15, 0.2) is 72.8 Å². The first-order valence-electron chi connectivity index (χ1n) is 8.91. The Morgan fingerprint density at radius 3 is 2.81 bits per heavy atom. The minimum Gasteiger partial charge on any atom is -0.378 e. The fraction of sp³-hybridized carbons (Fsp3) is 0.182. The highest BCUT2D eigenvalue weighted by atomic mass is 16.6. The van der Waals surface area contributed by atoms with Gasteiger partial charge in [-0.2, -0.15) is 0 Å². The van der Waals surface area contributed by atoms with Crippen molar-refractivity contribution in [2.24, 2.45) is 5.92 Å². The lowest BCUT2D eigenvalue weighted by Crippen LogP contribution is -2.29. The molecular weight excluding hydrogens is 324 g/mol. The molecule has 0 bridgehead atoms. The number of non-ortho nitro benzene ring substituents is 1. The molecule has 26 heavy (non-hydrogen) atoms. The summed E-state index contributed by atoms with van der Waals surface area (Å²) >= 11 is 0. The molecule has 1 N–H and O–H groups in total. The lowest BCUT2D eigenvalue weighted by atomic mass is 9.75. The Bertz CT molecular complexity index is 1060. The molecule has 1 aliphatic carbocycles. The highest BCUT2D eigenvalue weighted by Gasteiger charge is 2.39. The van der Waals surface area contributed by atoms with Crippen LogP contribution in [0.3, 0.4) is 0 Å². The summed E-state index contributed by atoms with van der Waals surface area (Å²) in [6.07, 6.45) is 5.53. The molecule has 0 saturated carbocycles. The van der Waals surface area contributed by atoms with Crippen LogP contribution in [-0.4, -0.2) is 4.92 Å². The van der Waals surface area contributed by atoms with Gasteiger partial charge < -0.3 is 5.32 Å². The van der Waals surface area contributed by atoms with Crippen molar-refractivity contribution in [2.75, 3.05) is 5.32 Å². The van der Waals surface area contributed by atoms with Gasteiger partial charge in [-0.15, -0.1) is 0 Å². The second-order valence-corrected chi connectivity index (χ2v) is 7.08. The zero-order valence-corrected chi connectivity index (χ0v) is 14.1. The minimum atomic E-state index is -0.321. The summed E-state index contributed by atoms with van der Waals surface area (Å²) in [5.74, 6) is 0.705. The standard InChI is InChI=1S/C22H18N2O2/c25-24(26)16-7-3-6-15(13-16)22-19-10-4-9-18(19)21-17-8-2-1-5-14(17)11-12-20(21)23-22/h1-9,11-13,18-19,22-23H,10H2/t18-,19+,22-/m0/s1. The molecule has 0 saturated heterocycles. The predicted octanol–water partition coefficient (Wildman–Crippen LogP) is 5.57. The van der Waals surface area contributed by atoms with Crippen molar-refractivity contribution in [1.82, 2.24) is 0 Å². The quantitative estimate of drug-likeness (QED) is 0.376. The van der Waals surface area contributed by atoms with Gasteiger partial charge in [0.05, 0.1) is 11.0 Å². The van der Waals surface area contributed by atoms with E-state index < -0.39 is 0 Å². The summed E-state index contributed by atoms with van der Waals surface area (Å²) in [5, 5.41) is 17.4. The van der Waals surface area contributed by atoms with Gasteiger partial charge in [0.15, 0.2) is 0 Å². The van der Waals surface area contributed by atoms with Crippen molar-refractivity contribution in [3.05, 3.63) is 94.1 Å². The zero-order chi connectivity index (χ0) is 17.7. The first kappa shape index (κ1) is 15.1. The Morgan fingerprint density at radius 2 is 1.92 bits per heavy atom. The molecule has 0 aromatic heterocycles. The van der Waals surface area contributed by atoms with Gasteiger partial charge in [-0.1, -0.05) is 54.6 Å². The van der Waals surface area contributed by atoms with Gasteiger partial charge >= 0.3 is 0 Å². The third-order valence-electron chi connectivity index (χ3n) is 5.70. The van der Waals surface area contributed by atoms with Gasteiger partial charge in [0.25, 0.3) is 5.69 Å². The molecule has 3 aromatic carbocycles. The fourth-order valence-corrected chi connectivity index (χ4v) is 4.54. The highest BCUT2D eigenvalue weighted by Crippen LogP contribution is 2.51. The molecule has 1 heterocycles. The number of benzene rings is 3. The fourth-order valence-electron chi connectivity index (χ4n) is 4.54. The molecule has 5 rings (SSSR count). The maximum atomic E-state index is 11.2. The summed E-state index contributed by atoms with van der Waals surface area (Å²) in [4.78, 5) is 10.9. The summed E-state index contributed by atoms with van der Waals surface area (Å²) in [7, 11) is 0. The number of hydrogen-bond acceptors (Lipinski definition) is 3. The third kappa shape index (κ3) is 2.22. The lowest BCUT2D eigenvalue weighted by molar-refractivity contribution is -0.384. The molecule has 1 aliphatic heterocycles. The van der Waals surface area contributed by atoms with E-state index in [1.54, 1.807) is 18.2 Å². The van der Waals surface area contributed by atoms with E-state index in [9.17, 15) is 10.1 Å². The monoisotopic (exact) mass is 342 g/mol. The number of fused-ring (bicyclic) bond motifs is 5. The zero-order valence-electron chi connectivity index (χ0n) is 14.1. The SMILES string of the molecule is O=[N+]([O-])c1cccc([C@@H]2Nc3ccc4ccccc4c3[C@H]3C=CC[C@H]32)c1. The van der Waals surface area contributed by atoms with Gasteiger partial charge in [-0.3, -0.25) is 10.1 Å². The normalized spacial score (nSPS) is 23.3. The van der Waals surface area contributed by atoms with Crippen molar-refractivity contribution >= 4 is 22.1 Å². The maximum absolute atomic E-state index is 11.2. The summed E-state index contributed by atoms with van der Waals surface area (Å²) in [6.45, 7) is 0. The Labute approximate surface area is 151 Å². The lowest BCUT2D eigenvalue weighted by Gasteiger charge is -2.38. The van der Waals surface area contributed by atoms with Crippen LogP contribution in [0.2, 0.25) is 0 Å². The summed E-state index contributed by atoms with van der Waals surface area (Å²) in [5.41, 5.74) is 3.62. The molecule has 3 atom stereocenters. The number of nitro groups is 1. The summed E-state index contributed by atoms with van der Waals surface area (Å²) < 4.78 is 0. The van der Waals surface area contributed by atoms with Crippen molar-refractivity contribution in [2.45, 2.75) is 18.4 Å². The first-order chi connectivity index (χ1) is 12.7. The Kier molecular flexibility index (Phi) is 3.32. The van der Waals surface area contributed by atoms with Crippen LogP contribution in [-0.2, 0) is 0 Å². The predicted molar refractivity (Wildman–Crippen MR) is 103 cm³/mol. The average Bonchev–Trinajstić information content (AvgIpc) is 3.16. The van der Waals surface area contributed by atoms with Crippen LogP contribution in [0.1, 0.15) is 29.5 Å². The van der Waals surface area contributed by atoms with E-state index in [4.69, 9.17) is 0 Å². The van der Waals surface area contributed by atoms with Crippen LogP contribution in [0, 0.1) is 16.0 Å². The first-order valence-corrected chi connectivity index (χ1v) is 8.91. The minimum absolute atomic E-state index is 0.0727. The molecule has 0 radical (unpaired) electrons. The van der Waals surface area contributed by atoms with Crippen LogP contribution < -0.4 is 5.32 Å². The molecule has 3 aromatic rings. The number of anilines is 1. The van der Waals surface area contributed by atoms with Gasteiger partial charge in [0, 0.05) is 23.7 Å². The van der Waals surface area contributed by atoms with Crippen LogP contribution in [0.4, 0.5) is 11.4 Å². The van der Waals surface area contributed by atoms with E-state index in [1.807, 2.05) is 6.07 Å². The molecular formula is C22H18N2O2. The molecule has 0 amide bonds. The van der Waals surface area contributed by atoms with Gasteiger partial charge in [-0.25, -0.2) is 0 Å². The molecule has 4 heteroatoms. The second kappa shape index (κ2) is 5.70. The Morgan fingerprint density at radius 1 is 1.04 bits per heavy atom. The van der Waals surface area contributed by atoms with E-state index in [0.717, 1.165) is 17.7 Å². The van der Waals surface area contributed by atoms with E-state index >= 15 is 0 Å². The van der Waals surface area contributed by atoms with Crippen molar-refractivity contribution in [1.29, 1.82) is 0 Å². The van der Waals surface area contributed by atoms with E-state index in [2.05, 4.69) is 53.9 Å². The molecule has 2 aliphatic rings. The molecule has 0 spiro atoms. The largest absolute Gasteiger partial charge is 0.378 e. The van der Waals surface area contributed by atoms with Gasteiger partial charge in [0.1, 0.15) is 0 Å². The maximum Gasteiger partial charge on any atom is 0.269 e. The van der Waals surface area contributed by atoms with Crippen molar-refractivity contribution in [3.63, 3.8) is 0 Å². The molecule has 0 unspecified atom stereocenters. The smallest absolute Gasteiger partial charge is 0.269 e. The van der Waals surface area contributed by atoms with Gasteiger partial charge in [0.2, 0.25) is 0 Å². The average molecular weight is 342 g/mol. The topological polar surface area (TPSA) is 55.2 Å². The van der Waals surface area contributed by atoms with E-state index in [0.29, 0.717) is 11.8 Å². The highest BCUT2D eigenvalue weighted by molar-refractivity contribution is 5.91. The van der Waals surface area contributed by atoms with E-state index in [1.165, 1.54) is 16.3 Å². The van der Waals surface area contributed by atoms with Crippen LogP contribution in [0.5, 0.6) is 0 Å². The number of nitrogens with one attached hydrogen (secondary N) is 1. The van der Waals surface area contributed by atoms with Crippen LogP contribution >= 0.6 is 0 Å². The van der Waals surface area contributed by atoms with Crippen molar-refractivity contribution in [3.8, 4) is 0 Å². The van der Waals surface area contributed by atoms with E-state index in [-0.39, 0.29) is 16.7 Å². The number of nitrogens with zero attached hydrogens (tertiary/aromatic N) is 1. The Hall–Kier alpha value is -3.14. The number of hydrogen-bond donors (Lipinski definition) is 1. The number of nitro benzene ring substituents is 1. The van der Waals surface area contributed by atoms with Gasteiger partial charge in [-0.05, 0) is 40.3 Å². The summed E-state index contributed by atoms with van der Waals surface area (Å²) in [6, 6.07) is 19.9. The molecule has 128 valence electrons. The van der Waals surface area contributed by atoms with Crippen molar-refractivity contribution < 1.29 is 4.92 Å².